The average Bonchev–Trinajstić information content (AvgIpc) is 2.96. The van der Waals surface area contributed by atoms with Gasteiger partial charge in [0.25, 0.3) is 11.8 Å². The highest BCUT2D eigenvalue weighted by atomic mass is 35.5. The van der Waals surface area contributed by atoms with Crippen molar-refractivity contribution in [1.82, 2.24) is 5.32 Å². The summed E-state index contributed by atoms with van der Waals surface area (Å²) in [6.45, 7) is 5.85. The summed E-state index contributed by atoms with van der Waals surface area (Å²) in [6, 6.07) is 28.7. The van der Waals surface area contributed by atoms with Crippen molar-refractivity contribution in [3.63, 3.8) is 0 Å². The van der Waals surface area contributed by atoms with Crippen molar-refractivity contribution in [1.29, 1.82) is 0 Å². The molecule has 0 saturated carbocycles. The highest BCUT2D eigenvalue weighted by Gasteiger charge is 2.17. The fourth-order valence-corrected chi connectivity index (χ4v) is 4.97. The Kier molecular flexibility index (Phi) is 10.0. The van der Waals surface area contributed by atoms with Gasteiger partial charge in [0.15, 0.2) is 0 Å². The monoisotopic (exact) mass is 583 g/mol. The van der Waals surface area contributed by atoms with Crippen LogP contribution in [0.15, 0.2) is 108 Å². The van der Waals surface area contributed by atoms with Gasteiger partial charge in [-0.2, -0.15) is 0 Å². The van der Waals surface area contributed by atoms with Gasteiger partial charge in [0.1, 0.15) is 5.70 Å². The summed E-state index contributed by atoms with van der Waals surface area (Å²) < 4.78 is 0. The van der Waals surface area contributed by atoms with E-state index in [0.29, 0.717) is 21.8 Å². The largest absolute Gasteiger partial charge is 0.325 e. The van der Waals surface area contributed by atoms with Crippen LogP contribution in [0, 0.1) is 13.8 Å². The van der Waals surface area contributed by atoms with Crippen LogP contribution in [-0.2, 0) is 9.59 Å². The molecule has 41 heavy (non-hydrogen) atoms. The van der Waals surface area contributed by atoms with Gasteiger partial charge in [0.05, 0.1) is 5.25 Å². The maximum Gasteiger partial charge on any atom is 0.272 e. The summed E-state index contributed by atoms with van der Waals surface area (Å²) in [7, 11) is 0. The molecule has 0 heterocycles. The summed E-state index contributed by atoms with van der Waals surface area (Å²) in [6.07, 6.45) is 1.57. The summed E-state index contributed by atoms with van der Waals surface area (Å²) in [4.78, 5) is 39.8. The zero-order valence-electron chi connectivity index (χ0n) is 22.9. The highest BCUT2D eigenvalue weighted by molar-refractivity contribution is 8.00. The number of anilines is 2. The van der Waals surface area contributed by atoms with Gasteiger partial charge in [-0.15, -0.1) is 11.8 Å². The second kappa shape index (κ2) is 13.8. The first-order chi connectivity index (χ1) is 19.7. The second-order valence-corrected chi connectivity index (χ2v) is 11.3. The summed E-state index contributed by atoms with van der Waals surface area (Å²) >= 11 is 7.54. The number of benzene rings is 4. The molecule has 0 bridgehead atoms. The lowest BCUT2D eigenvalue weighted by atomic mass is 10.1. The van der Waals surface area contributed by atoms with Crippen LogP contribution in [0.3, 0.4) is 0 Å². The maximum atomic E-state index is 13.3. The van der Waals surface area contributed by atoms with Crippen molar-refractivity contribution in [2.24, 2.45) is 0 Å². The molecule has 3 amide bonds. The maximum absolute atomic E-state index is 13.3. The standard InChI is InChI=1S/C33H30ClN3O3S/c1-21-9-7-14-29(22(21)2)36-31(38)23(3)41-28-17-15-27(16-18-28)35-33(40)30(20-24-10-8-13-26(34)19-24)37-32(39)25-11-5-4-6-12-25/h4-20,23H,1-3H3,(H,35,40)(H,36,38)(H,37,39)/b30-20-. The first-order valence-electron chi connectivity index (χ1n) is 13.0. The molecule has 0 aliphatic rings. The SMILES string of the molecule is Cc1cccc(NC(=O)C(C)Sc2ccc(NC(=O)/C(=C/c3cccc(Cl)c3)NC(=O)c3ccccc3)cc2)c1C. The van der Waals surface area contributed by atoms with E-state index in [4.69, 9.17) is 11.6 Å². The predicted molar refractivity (Wildman–Crippen MR) is 168 cm³/mol. The molecule has 0 saturated heterocycles. The molecule has 0 radical (unpaired) electrons. The number of nitrogens with one attached hydrogen (secondary N) is 3. The Hall–Kier alpha value is -4.33. The van der Waals surface area contributed by atoms with Crippen LogP contribution in [0.5, 0.6) is 0 Å². The lowest BCUT2D eigenvalue weighted by Gasteiger charge is -2.15. The van der Waals surface area contributed by atoms with Gasteiger partial charge in [-0.25, -0.2) is 0 Å². The van der Waals surface area contributed by atoms with Gasteiger partial charge in [-0.3, -0.25) is 14.4 Å². The fourth-order valence-electron chi connectivity index (χ4n) is 3.90. The van der Waals surface area contributed by atoms with Crippen molar-refractivity contribution in [3.05, 3.63) is 130 Å². The minimum Gasteiger partial charge on any atom is -0.325 e. The number of amides is 3. The molecule has 4 aromatic carbocycles. The molecule has 8 heteroatoms. The summed E-state index contributed by atoms with van der Waals surface area (Å²) in [5, 5.41) is 8.74. The van der Waals surface area contributed by atoms with Gasteiger partial charge in [-0.1, -0.05) is 54.1 Å². The lowest BCUT2D eigenvalue weighted by molar-refractivity contribution is -0.115. The van der Waals surface area contributed by atoms with Crippen molar-refractivity contribution in [2.45, 2.75) is 30.9 Å². The van der Waals surface area contributed by atoms with Crippen LogP contribution in [0.25, 0.3) is 6.08 Å². The third-order valence-electron chi connectivity index (χ3n) is 6.35. The normalized spacial score (nSPS) is 11.9. The number of hydrogen-bond acceptors (Lipinski definition) is 4. The molecule has 0 aromatic heterocycles. The minimum absolute atomic E-state index is 0.0660. The average molecular weight is 584 g/mol. The molecular formula is C33H30ClN3O3S. The van der Waals surface area contributed by atoms with E-state index in [2.05, 4.69) is 16.0 Å². The van der Waals surface area contributed by atoms with E-state index in [0.717, 1.165) is 21.7 Å². The zero-order chi connectivity index (χ0) is 29.4. The predicted octanol–water partition coefficient (Wildman–Crippen LogP) is 7.49. The van der Waals surface area contributed by atoms with E-state index >= 15 is 0 Å². The van der Waals surface area contributed by atoms with Crippen LogP contribution in [0.4, 0.5) is 11.4 Å². The molecule has 1 atom stereocenters. The van der Waals surface area contributed by atoms with Gasteiger partial charge in [0, 0.05) is 26.9 Å². The fraction of sp³-hybridized carbons (Fsp3) is 0.121. The van der Waals surface area contributed by atoms with Crippen molar-refractivity contribution < 1.29 is 14.4 Å². The molecule has 0 fully saturated rings. The molecule has 3 N–H and O–H groups in total. The van der Waals surface area contributed by atoms with Crippen molar-refractivity contribution >= 4 is 58.5 Å². The molecule has 4 aromatic rings. The molecule has 208 valence electrons. The van der Waals surface area contributed by atoms with Gasteiger partial charge in [0.2, 0.25) is 5.91 Å². The van der Waals surface area contributed by atoms with E-state index in [1.807, 2.05) is 57.2 Å². The molecule has 6 nitrogen and oxygen atoms in total. The Morgan fingerprint density at radius 3 is 2.24 bits per heavy atom. The molecule has 0 spiro atoms. The Morgan fingerprint density at radius 1 is 0.829 bits per heavy atom. The van der Waals surface area contributed by atoms with Crippen molar-refractivity contribution in [2.75, 3.05) is 10.6 Å². The van der Waals surface area contributed by atoms with Crippen LogP contribution < -0.4 is 16.0 Å². The lowest BCUT2D eigenvalue weighted by Crippen LogP contribution is -2.30. The first kappa shape index (κ1) is 29.6. The Bertz CT molecular complexity index is 1590. The van der Waals surface area contributed by atoms with Crippen LogP contribution in [0.2, 0.25) is 5.02 Å². The van der Waals surface area contributed by atoms with E-state index in [1.54, 1.807) is 66.7 Å². The Balaban J connectivity index is 1.43. The van der Waals surface area contributed by atoms with Crippen molar-refractivity contribution in [3.8, 4) is 0 Å². The second-order valence-electron chi connectivity index (χ2n) is 9.41. The van der Waals surface area contributed by atoms with Gasteiger partial charge >= 0.3 is 0 Å². The number of hydrogen-bond donors (Lipinski definition) is 3. The van der Waals surface area contributed by atoms with E-state index in [1.165, 1.54) is 11.8 Å². The third kappa shape index (κ3) is 8.33. The van der Waals surface area contributed by atoms with E-state index < -0.39 is 11.8 Å². The van der Waals surface area contributed by atoms with E-state index in [-0.39, 0.29) is 16.9 Å². The number of carbonyl (C=O) groups is 3. The minimum atomic E-state index is -0.490. The molecule has 4 rings (SSSR count). The Labute approximate surface area is 249 Å². The number of halogens is 1. The van der Waals surface area contributed by atoms with E-state index in [9.17, 15) is 14.4 Å². The molecular weight excluding hydrogens is 554 g/mol. The summed E-state index contributed by atoms with van der Waals surface area (Å²) in [5.74, 6) is -0.990. The zero-order valence-corrected chi connectivity index (χ0v) is 24.5. The third-order valence-corrected chi connectivity index (χ3v) is 7.69. The molecule has 1 unspecified atom stereocenters. The van der Waals surface area contributed by atoms with Crippen LogP contribution in [0.1, 0.15) is 34.0 Å². The topological polar surface area (TPSA) is 87.3 Å². The number of rotatable bonds is 9. The molecule has 0 aliphatic carbocycles. The first-order valence-corrected chi connectivity index (χ1v) is 14.2. The quantitative estimate of drug-likeness (QED) is 0.141. The van der Waals surface area contributed by atoms with Gasteiger partial charge in [-0.05, 0) is 98.1 Å². The highest BCUT2D eigenvalue weighted by Crippen LogP contribution is 2.27. The number of carbonyl (C=O) groups excluding carboxylic acids is 3. The summed E-state index contributed by atoms with van der Waals surface area (Å²) in [5.41, 5.74) is 4.66. The molecule has 0 aliphatic heterocycles. The smallest absolute Gasteiger partial charge is 0.272 e. The van der Waals surface area contributed by atoms with Crippen LogP contribution >= 0.6 is 23.4 Å². The Morgan fingerprint density at radius 2 is 1.54 bits per heavy atom. The number of thioether (sulfide) groups is 1. The number of aryl methyl sites for hydroxylation is 1. The van der Waals surface area contributed by atoms with Gasteiger partial charge < -0.3 is 16.0 Å². The van der Waals surface area contributed by atoms with Crippen LogP contribution in [-0.4, -0.2) is 23.0 Å².